The van der Waals surface area contributed by atoms with Crippen LogP contribution in [-0.2, 0) is 12.0 Å². The highest BCUT2D eigenvalue weighted by Gasteiger charge is 2.28. The van der Waals surface area contributed by atoms with Gasteiger partial charge in [0, 0.05) is 24.5 Å². The van der Waals surface area contributed by atoms with Gasteiger partial charge in [-0.1, -0.05) is 39.0 Å². The Morgan fingerprint density at radius 3 is 2.71 bits per heavy atom. The number of hydrogen-bond acceptors (Lipinski definition) is 5. The fourth-order valence-corrected chi connectivity index (χ4v) is 4.43. The number of nitriles is 1. The predicted octanol–water partition coefficient (Wildman–Crippen LogP) is 3.15. The fraction of sp³-hybridized carbons (Fsp3) is 0.476. The van der Waals surface area contributed by atoms with E-state index in [1.165, 1.54) is 0 Å². The first-order valence-electron chi connectivity index (χ1n) is 9.51. The monoisotopic (exact) mass is 443 g/mol. The lowest BCUT2D eigenvalue weighted by molar-refractivity contribution is 0.484. The fourth-order valence-electron chi connectivity index (χ4n) is 3.53. The topological polar surface area (TPSA) is 87.9 Å². The summed E-state index contributed by atoms with van der Waals surface area (Å²) in [4.78, 5) is 20.3. The second kappa shape index (κ2) is 8.06. The SMILES string of the molecule is CC(C)(C)c1nc(N2CCCC(N)C2)n(Cc2ccccc2C#N)c(=O)c1Br. The zero-order valence-corrected chi connectivity index (χ0v) is 18.2. The van der Waals surface area contributed by atoms with Crippen molar-refractivity contribution in [3.63, 3.8) is 0 Å². The van der Waals surface area contributed by atoms with Gasteiger partial charge >= 0.3 is 0 Å². The molecule has 1 saturated heterocycles. The van der Waals surface area contributed by atoms with Gasteiger partial charge in [-0.2, -0.15) is 5.26 Å². The molecule has 1 atom stereocenters. The molecule has 7 heteroatoms. The van der Waals surface area contributed by atoms with Gasteiger partial charge in [-0.25, -0.2) is 4.98 Å². The third-order valence-electron chi connectivity index (χ3n) is 5.01. The van der Waals surface area contributed by atoms with Crippen LogP contribution in [0.2, 0.25) is 0 Å². The van der Waals surface area contributed by atoms with Crippen LogP contribution in [0.15, 0.2) is 33.5 Å². The van der Waals surface area contributed by atoms with Crippen molar-refractivity contribution in [2.75, 3.05) is 18.0 Å². The zero-order valence-electron chi connectivity index (χ0n) is 16.6. The van der Waals surface area contributed by atoms with Crippen molar-refractivity contribution in [3.8, 4) is 6.07 Å². The average Bonchev–Trinajstić information content (AvgIpc) is 2.65. The van der Waals surface area contributed by atoms with Crippen molar-refractivity contribution in [1.82, 2.24) is 9.55 Å². The van der Waals surface area contributed by atoms with E-state index in [1.807, 2.05) is 39.0 Å². The minimum atomic E-state index is -0.283. The first-order chi connectivity index (χ1) is 13.2. The summed E-state index contributed by atoms with van der Waals surface area (Å²) in [6, 6.07) is 9.62. The van der Waals surface area contributed by atoms with Gasteiger partial charge < -0.3 is 10.6 Å². The summed E-state index contributed by atoms with van der Waals surface area (Å²) in [6.07, 6.45) is 1.94. The molecule has 1 aromatic carbocycles. The van der Waals surface area contributed by atoms with E-state index in [2.05, 4.69) is 26.9 Å². The van der Waals surface area contributed by atoms with Gasteiger partial charge in [0.25, 0.3) is 5.56 Å². The average molecular weight is 444 g/mol. The van der Waals surface area contributed by atoms with E-state index >= 15 is 0 Å². The van der Waals surface area contributed by atoms with E-state index < -0.39 is 0 Å². The van der Waals surface area contributed by atoms with Crippen LogP contribution in [0, 0.1) is 11.3 Å². The lowest BCUT2D eigenvalue weighted by atomic mass is 9.92. The molecule has 0 spiro atoms. The molecule has 1 aliphatic rings. The number of nitrogens with two attached hydrogens (primary N) is 1. The highest BCUT2D eigenvalue weighted by atomic mass is 79.9. The smallest absolute Gasteiger partial charge is 0.269 e. The van der Waals surface area contributed by atoms with E-state index in [0.29, 0.717) is 29.1 Å². The van der Waals surface area contributed by atoms with Gasteiger partial charge in [0.05, 0.1) is 23.9 Å². The molecule has 2 N–H and O–H groups in total. The summed E-state index contributed by atoms with van der Waals surface area (Å²) in [5.41, 5.74) is 7.87. The van der Waals surface area contributed by atoms with Crippen LogP contribution in [0.4, 0.5) is 5.95 Å². The van der Waals surface area contributed by atoms with E-state index in [0.717, 1.165) is 30.6 Å². The van der Waals surface area contributed by atoms with Gasteiger partial charge in [-0.3, -0.25) is 9.36 Å². The Labute approximate surface area is 174 Å². The largest absolute Gasteiger partial charge is 0.341 e. The minimum Gasteiger partial charge on any atom is -0.341 e. The molecule has 6 nitrogen and oxygen atoms in total. The molecule has 3 rings (SSSR count). The van der Waals surface area contributed by atoms with E-state index in [1.54, 1.807) is 10.6 Å². The second-order valence-electron chi connectivity index (χ2n) is 8.33. The maximum atomic E-state index is 13.3. The van der Waals surface area contributed by atoms with Crippen LogP contribution >= 0.6 is 15.9 Å². The third kappa shape index (κ3) is 4.13. The number of benzene rings is 1. The summed E-state index contributed by atoms with van der Waals surface area (Å²) in [7, 11) is 0. The normalized spacial score (nSPS) is 17.4. The highest BCUT2D eigenvalue weighted by Crippen LogP contribution is 2.29. The maximum absolute atomic E-state index is 13.3. The molecule has 0 bridgehead atoms. The minimum absolute atomic E-state index is 0.0623. The van der Waals surface area contributed by atoms with Crippen LogP contribution in [0.5, 0.6) is 0 Å². The van der Waals surface area contributed by atoms with Gasteiger partial charge in [-0.15, -0.1) is 0 Å². The van der Waals surface area contributed by atoms with Crippen LogP contribution in [-0.4, -0.2) is 28.7 Å². The molecule has 1 aliphatic heterocycles. The number of nitrogens with zero attached hydrogens (tertiary/aromatic N) is 4. The Hall–Kier alpha value is -2.17. The Morgan fingerprint density at radius 2 is 2.07 bits per heavy atom. The molecule has 0 amide bonds. The Balaban J connectivity index is 2.18. The van der Waals surface area contributed by atoms with E-state index in [-0.39, 0.29) is 17.0 Å². The van der Waals surface area contributed by atoms with Crippen molar-refractivity contribution >= 4 is 21.9 Å². The quantitative estimate of drug-likeness (QED) is 0.786. The van der Waals surface area contributed by atoms with E-state index in [4.69, 9.17) is 10.7 Å². The molecule has 1 unspecified atom stereocenters. The lowest BCUT2D eigenvalue weighted by Crippen LogP contribution is -2.46. The summed E-state index contributed by atoms with van der Waals surface area (Å²) < 4.78 is 2.13. The zero-order chi connectivity index (χ0) is 20.5. The molecule has 28 heavy (non-hydrogen) atoms. The number of halogens is 1. The predicted molar refractivity (Wildman–Crippen MR) is 115 cm³/mol. The van der Waals surface area contributed by atoms with Crippen molar-refractivity contribution in [2.45, 2.75) is 51.6 Å². The molecule has 0 aliphatic carbocycles. The molecular formula is C21H26BrN5O. The van der Waals surface area contributed by atoms with Crippen molar-refractivity contribution in [2.24, 2.45) is 5.73 Å². The van der Waals surface area contributed by atoms with Crippen molar-refractivity contribution in [3.05, 3.63) is 55.9 Å². The Bertz CT molecular complexity index is 970. The number of piperidine rings is 1. The first kappa shape index (κ1) is 20.6. The molecule has 1 fully saturated rings. The van der Waals surface area contributed by atoms with Crippen LogP contribution in [0.25, 0.3) is 0 Å². The molecule has 1 aromatic heterocycles. The maximum Gasteiger partial charge on any atom is 0.269 e. The van der Waals surface area contributed by atoms with Gasteiger partial charge in [0.15, 0.2) is 0 Å². The van der Waals surface area contributed by atoms with Crippen molar-refractivity contribution < 1.29 is 0 Å². The van der Waals surface area contributed by atoms with Gasteiger partial charge in [0.2, 0.25) is 5.95 Å². The molecule has 2 heterocycles. The summed E-state index contributed by atoms with van der Waals surface area (Å²) in [6.45, 7) is 7.89. The summed E-state index contributed by atoms with van der Waals surface area (Å²) in [5.74, 6) is 0.626. The number of anilines is 1. The standard InChI is InChI=1S/C21H26BrN5O/c1-21(2,3)18-17(22)19(28)27(12-15-8-5-4-7-14(15)11-23)20(25-18)26-10-6-9-16(24)13-26/h4-5,7-8,16H,6,9-10,12-13,24H2,1-3H3. The van der Waals surface area contributed by atoms with Gasteiger partial charge in [0.1, 0.15) is 4.47 Å². The van der Waals surface area contributed by atoms with Crippen molar-refractivity contribution in [1.29, 1.82) is 5.26 Å². The molecule has 148 valence electrons. The van der Waals surface area contributed by atoms with Crippen LogP contribution in [0.1, 0.15) is 50.4 Å². The Morgan fingerprint density at radius 1 is 1.36 bits per heavy atom. The summed E-state index contributed by atoms with van der Waals surface area (Å²) in [5, 5.41) is 9.43. The van der Waals surface area contributed by atoms with Gasteiger partial charge in [-0.05, 0) is 40.4 Å². The third-order valence-corrected chi connectivity index (χ3v) is 5.73. The molecule has 2 aromatic rings. The highest BCUT2D eigenvalue weighted by molar-refractivity contribution is 9.10. The number of hydrogen-bond donors (Lipinski definition) is 1. The lowest BCUT2D eigenvalue weighted by Gasteiger charge is -2.34. The number of rotatable bonds is 3. The first-order valence-corrected chi connectivity index (χ1v) is 10.3. The molecular weight excluding hydrogens is 418 g/mol. The van der Waals surface area contributed by atoms with Crippen LogP contribution < -0.4 is 16.2 Å². The second-order valence-corrected chi connectivity index (χ2v) is 9.13. The van der Waals surface area contributed by atoms with Crippen LogP contribution in [0.3, 0.4) is 0 Å². The number of aromatic nitrogens is 2. The summed E-state index contributed by atoms with van der Waals surface area (Å²) >= 11 is 3.48. The Kier molecular flexibility index (Phi) is 5.92. The molecule has 0 saturated carbocycles. The van der Waals surface area contributed by atoms with E-state index in [9.17, 15) is 10.1 Å². The molecule has 0 radical (unpaired) electrons.